The van der Waals surface area contributed by atoms with Crippen molar-refractivity contribution in [1.82, 2.24) is 30.2 Å². The average Bonchev–Trinajstić information content (AvgIpc) is 2.71. The van der Waals surface area contributed by atoms with Crippen molar-refractivity contribution in [3.63, 3.8) is 0 Å². The number of tetrazole rings is 1. The number of thioether (sulfide) groups is 1. The molecule has 2 rings (SSSR count). The fourth-order valence-corrected chi connectivity index (χ4v) is 2.50. The Hall–Kier alpha value is -2.03. The molecule has 8 nitrogen and oxygen atoms in total. The topological polar surface area (TPSA) is 107 Å². The molecule has 0 fully saturated rings. The van der Waals surface area contributed by atoms with Crippen LogP contribution in [0.2, 0.25) is 0 Å². The SMILES string of the molecule is Cc1nc(C)c(C(=O)O)c(SCc2nnn(C)n2)n1. The van der Waals surface area contributed by atoms with Crippen molar-refractivity contribution >= 4 is 17.7 Å². The minimum atomic E-state index is -1.04. The minimum Gasteiger partial charge on any atom is -0.478 e. The molecule has 0 saturated heterocycles. The summed E-state index contributed by atoms with van der Waals surface area (Å²) in [6.45, 7) is 3.38. The lowest BCUT2D eigenvalue weighted by atomic mass is 10.2. The molecule has 0 aliphatic heterocycles. The van der Waals surface area contributed by atoms with Crippen LogP contribution in [-0.2, 0) is 12.8 Å². The van der Waals surface area contributed by atoms with Gasteiger partial charge in [0.05, 0.1) is 18.5 Å². The molecule has 19 heavy (non-hydrogen) atoms. The Morgan fingerprint density at radius 2 is 2.11 bits per heavy atom. The lowest BCUT2D eigenvalue weighted by molar-refractivity contribution is 0.0690. The van der Waals surface area contributed by atoms with Crippen LogP contribution in [0.15, 0.2) is 5.03 Å². The third-order valence-electron chi connectivity index (χ3n) is 2.27. The van der Waals surface area contributed by atoms with Crippen LogP contribution in [-0.4, -0.2) is 41.3 Å². The second-order valence-electron chi connectivity index (χ2n) is 3.83. The lowest BCUT2D eigenvalue weighted by Crippen LogP contribution is -2.08. The van der Waals surface area contributed by atoms with Gasteiger partial charge in [-0.1, -0.05) is 11.8 Å². The van der Waals surface area contributed by atoms with Gasteiger partial charge in [-0.25, -0.2) is 14.8 Å². The Morgan fingerprint density at radius 1 is 1.37 bits per heavy atom. The molecular weight excluding hydrogens is 268 g/mol. The van der Waals surface area contributed by atoms with Crippen molar-refractivity contribution in [3.05, 3.63) is 22.9 Å². The molecule has 0 atom stereocenters. The highest BCUT2D eigenvalue weighted by molar-refractivity contribution is 7.98. The highest BCUT2D eigenvalue weighted by atomic mass is 32.2. The summed E-state index contributed by atoms with van der Waals surface area (Å²) in [5.41, 5.74) is 0.578. The van der Waals surface area contributed by atoms with Gasteiger partial charge in [0.2, 0.25) is 0 Å². The molecule has 0 aliphatic carbocycles. The van der Waals surface area contributed by atoms with Gasteiger partial charge >= 0.3 is 5.97 Å². The molecular formula is C10H12N6O2S. The van der Waals surface area contributed by atoms with Crippen LogP contribution < -0.4 is 0 Å². The third-order valence-corrected chi connectivity index (χ3v) is 3.24. The van der Waals surface area contributed by atoms with Gasteiger partial charge in [0.25, 0.3) is 0 Å². The monoisotopic (exact) mass is 280 g/mol. The van der Waals surface area contributed by atoms with E-state index in [0.29, 0.717) is 28.1 Å². The Balaban J connectivity index is 2.26. The molecule has 100 valence electrons. The maximum Gasteiger partial charge on any atom is 0.340 e. The number of aryl methyl sites for hydroxylation is 3. The molecule has 0 unspecified atom stereocenters. The third kappa shape index (κ3) is 3.05. The van der Waals surface area contributed by atoms with Gasteiger partial charge in [0.1, 0.15) is 16.4 Å². The molecule has 2 aromatic heterocycles. The van der Waals surface area contributed by atoms with E-state index in [1.165, 1.54) is 16.6 Å². The van der Waals surface area contributed by atoms with E-state index in [1.54, 1.807) is 20.9 Å². The number of rotatable bonds is 4. The first-order valence-electron chi connectivity index (χ1n) is 5.41. The van der Waals surface area contributed by atoms with Crippen molar-refractivity contribution in [1.29, 1.82) is 0 Å². The number of hydrogen-bond donors (Lipinski definition) is 1. The van der Waals surface area contributed by atoms with Crippen molar-refractivity contribution in [3.8, 4) is 0 Å². The molecule has 0 spiro atoms. The van der Waals surface area contributed by atoms with E-state index in [2.05, 4.69) is 25.4 Å². The second-order valence-corrected chi connectivity index (χ2v) is 4.79. The number of nitrogens with zero attached hydrogens (tertiary/aromatic N) is 6. The van der Waals surface area contributed by atoms with E-state index in [-0.39, 0.29) is 5.56 Å². The van der Waals surface area contributed by atoms with E-state index in [1.807, 2.05) is 0 Å². The molecule has 0 bridgehead atoms. The van der Waals surface area contributed by atoms with Crippen LogP contribution in [0.3, 0.4) is 0 Å². The maximum absolute atomic E-state index is 11.2. The summed E-state index contributed by atoms with van der Waals surface area (Å²) >= 11 is 1.26. The molecule has 2 aromatic rings. The Kier molecular flexibility index (Phi) is 3.74. The number of carboxylic acids is 1. The summed E-state index contributed by atoms with van der Waals surface area (Å²) in [6.07, 6.45) is 0. The zero-order valence-corrected chi connectivity index (χ0v) is 11.5. The predicted octanol–water partition coefficient (Wildman–Crippen LogP) is 0.607. The van der Waals surface area contributed by atoms with E-state index in [9.17, 15) is 9.90 Å². The van der Waals surface area contributed by atoms with E-state index in [4.69, 9.17) is 0 Å². The summed E-state index contributed by atoms with van der Waals surface area (Å²) in [4.78, 5) is 20.8. The molecule has 2 heterocycles. The van der Waals surface area contributed by atoms with Gasteiger partial charge in [-0.05, 0) is 19.1 Å². The Bertz CT molecular complexity index is 626. The number of aromatic nitrogens is 6. The zero-order chi connectivity index (χ0) is 14.0. The first-order valence-corrected chi connectivity index (χ1v) is 6.40. The van der Waals surface area contributed by atoms with Crippen LogP contribution in [0.25, 0.3) is 0 Å². The summed E-state index contributed by atoms with van der Waals surface area (Å²) in [6, 6.07) is 0. The number of hydrogen-bond acceptors (Lipinski definition) is 7. The van der Waals surface area contributed by atoms with Gasteiger partial charge in [-0.3, -0.25) is 0 Å². The normalized spacial score (nSPS) is 10.7. The van der Waals surface area contributed by atoms with Crippen LogP contribution in [0.1, 0.15) is 27.7 Å². The first-order chi connectivity index (χ1) is 8.97. The van der Waals surface area contributed by atoms with Gasteiger partial charge in [0.15, 0.2) is 5.82 Å². The maximum atomic E-state index is 11.2. The van der Waals surface area contributed by atoms with Crippen LogP contribution in [0.4, 0.5) is 0 Å². The number of carboxylic acid groups (broad SMARTS) is 1. The number of aromatic carboxylic acids is 1. The summed E-state index contributed by atoms with van der Waals surface area (Å²) < 4.78 is 0. The summed E-state index contributed by atoms with van der Waals surface area (Å²) in [5.74, 6) is 0.436. The highest BCUT2D eigenvalue weighted by Crippen LogP contribution is 2.24. The zero-order valence-electron chi connectivity index (χ0n) is 10.7. The molecule has 0 amide bonds. The Morgan fingerprint density at radius 3 is 2.68 bits per heavy atom. The van der Waals surface area contributed by atoms with Gasteiger partial charge in [-0.2, -0.15) is 4.80 Å². The first kappa shape index (κ1) is 13.4. The average molecular weight is 280 g/mol. The fraction of sp³-hybridized carbons (Fsp3) is 0.400. The van der Waals surface area contributed by atoms with Crippen molar-refractivity contribution < 1.29 is 9.90 Å². The Labute approximate surface area is 113 Å². The van der Waals surface area contributed by atoms with Gasteiger partial charge in [0, 0.05) is 0 Å². The van der Waals surface area contributed by atoms with E-state index in [0.717, 1.165) is 0 Å². The predicted molar refractivity (Wildman–Crippen MR) is 66.8 cm³/mol. The molecule has 0 aromatic carbocycles. The minimum absolute atomic E-state index is 0.125. The lowest BCUT2D eigenvalue weighted by Gasteiger charge is -2.07. The van der Waals surface area contributed by atoms with Crippen molar-refractivity contribution in [2.24, 2.45) is 7.05 Å². The van der Waals surface area contributed by atoms with E-state index >= 15 is 0 Å². The fourth-order valence-electron chi connectivity index (χ4n) is 1.55. The number of carbonyl (C=O) groups is 1. The standard InChI is InChI=1S/C10H12N6O2S/c1-5-8(10(17)18)9(12-6(2)11-5)19-4-7-13-15-16(3)14-7/h4H2,1-3H3,(H,17,18). The van der Waals surface area contributed by atoms with E-state index < -0.39 is 5.97 Å². The smallest absolute Gasteiger partial charge is 0.340 e. The van der Waals surface area contributed by atoms with Crippen molar-refractivity contribution in [2.45, 2.75) is 24.6 Å². The van der Waals surface area contributed by atoms with Crippen LogP contribution in [0, 0.1) is 13.8 Å². The summed E-state index contributed by atoms with van der Waals surface area (Å²) in [7, 11) is 1.67. The second kappa shape index (κ2) is 5.31. The summed E-state index contributed by atoms with van der Waals surface area (Å²) in [5, 5.41) is 21.2. The quantitative estimate of drug-likeness (QED) is 0.641. The largest absolute Gasteiger partial charge is 0.478 e. The van der Waals surface area contributed by atoms with Gasteiger partial charge in [-0.15, -0.1) is 10.2 Å². The highest BCUT2D eigenvalue weighted by Gasteiger charge is 2.18. The molecule has 1 N–H and O–H groups in total. The molecule has 9 heteroatoms. The molecule has 0 aliphatic rings. The van der Waals surface area contributed by atoms with Crippen molar-refractivity contribution in [2.75, 3.05) is 0 Å². The molecule has 0 saturated carbocycles. The van der Waals surface area contributed by atoms with Crippen LogP contribution in [0.5, 0.6) is 0 Å². The van der Waals surface area contributed by atoms with Gasteiger partial charge < -0.3 is 5.11 Å². The van der Waals surface area contributed by atoms with Crippen LogP contribution >= 0.6 is 11.8 Å². The molecule has 0 radical (unpaired) electrons.